The number of rotatable bonds is 3. The first-order chi connectivity index (χ1) is 7.22. The first kappa shape index (κ1) is 10.0. The van der Waals surface area contributed by atoms with Gasteiger partial charge in [-0.25, -0.2) is 9.50 Å². The van der Waals surface area contributed by atoms with E-state index in [0.717, 1.165) is 11.5 Å². The first-order valence-electron chi connectivity index (χ1n) is 5.13. The fraction of sp³-hybridized carbons (Fsp3) is 0.500. The van der Waals surface area contributed by atoms with Gasteiger partial charge in [-0.3, -0.25) is 0 Å². The van der Waals surface area contributed by atoms with Crippen LogP contribution in [0.1, 0.15) is 31.3 Å². The molecule has 0 amide bonds. The summed E-state index contributed by atoms with van der Waals surface area (Å²) < 4.78 is 1.80. The lowest BCUT2D eigenvalue weighted by atomic mass is 10.1. The van der Waals surface area contributed by atoms with Crippen molar-refractivity contribution in [3.05, 3.63) is 23.8 Å². The third-order valence-electron chi connectivity index (χ3n) is 2.27. The van der Waals surface area contributed by atoms with Gasteiger partial charge in [0.25, 0.3) is 5.78 Å². The van der Waals surface area contributed by atoms with Crippen LogP contribution >= 0.6 is 0 Å². The average molecular weight is 205 g/mol. The molecule has 0 saturated carbocycles. The van der Waals surface area contributed by atoms with Crippen molar-refractivity contribution in [2.45, 2.75) is 26.2 Å². The Bertz CT molecular complexity index is 460. The van der Waals surface area contributed by atoms with Crippen molar-refractivity contribution in [1.29, 1.82) is 0 Å². The van der Waals surface area contributed by atoms with E-state index in [2.05, 4.69) is 28.9 Å². The Balaban J connectivity index is 2.54. The van der Waals surface area contributed by atoms with E-state index >= 15 is 0 Å². The van der Waals surface area contributed by atoms with Crippen molar-refractivity contribution in [2.75, 3.05) is 6.54 Å². The molecule has 2 rings (SSSR count). The maximum Gasteiger partial charge on any atom is 0.252 e. The summed E-state index contributed by atoms with van der Waals surface area (Å²) in [6, 6.07) is 1.97. The maximum atomic E-state index is 5.47. The second kappa shape index (κ2) is 3.94. The summed E-state index contributed by atoms with van der Waals surface area (Å²) in [6.45, 7) is 4.81. The van der Waals surface area contributed by atoms with E-state index in [4.69, 9.17) is 5.73 Å². The van der Waals surface area contributed by atoms with Crippen LogP contribution in [0.2, 0.25) is 0 Å². The molecule has 80 valence electrons. The Morgan fingerprint density at radius 2 is 2.27 bits per heavy atom. The van der Waals surface area contributed by atoms with E-state index in [1.165, 1.54) is 0 Å². The SMILES string of the molecule is CC(C)c1ccnc2nc(CCN)nn12. The zero-order valence-electron chi connectivity index (χ0n) is 9.01. The summed E-state index contributed by atoms with van der Waals surface area (Å²) in [6.07, 6.45) is 2.46. The van der Waals surface area contributed by atoms with Gasteiger partial charge in [0, 0.05) is 12.6 Å². The van der Waals surface area contributed by atoms with E-state index in [1.54, 1.807) is 10.7 Å². The van der Waals surface area contributed by atoms with Crippen LogP contribution in [0.4, 0.5) is 0 Å². The van der Waals surface area contributed by atoms with Gasteiger partial charge in [0.05, 0.1) is 5.69 Å². The van der Waals surface area contributed by atoms with Crippen LogP contribution in [0.5, 0.6) is 0 Å². The second-order valence-electron chi connectivity index (χ2n) is 3.80. The molecule has 2 N–H and O–H groups in total. The molecule has 0 spiro atoms. The highest BCUT2D eigenvalue weighted by atomic mass is 15.3. The van der Waals surface area contributed by atoms with Crippen molar-refractivity contribution >= 4 is 5.78 Å². The van der Waals surface area contributed by atoms with E-state index in [0.29, 0.717) is 24.7 Å². The van der Waals surface area contributed by atoms with Crippen LogP contribution in [-0.4, -0.2) is 26.1 Å². The largest absolute Gasteiger partial charge is 0.330 e. The van der Waals surface area contributed by atoms with E-state index in [-0.39, 0.29) is 0 Å². The molecule has 0 saturated heterocycles. The summed E-state index contributed by atoms with van der Waals surface area (Å²) in [4.78, 5) is 8.48. The predicted octanol–water partition coefficient (Wildman–Crippen LogP) is 0.749. The molecule has 5 heteroatoms. The Morgan fingerprint density at radius 3 is 2.93 bits per heavy atom. The van der Waals surface area contributed by atoms with Gasteiger partial charge in [-0.1, -0.05) is 13.8 Å². The van der Waals surface area contributed by atoms with Crippen LogP contribution in [0.3, 0.4) is 0 Å². The van der Waals surface area contributed by atoms with Crippen molar-refractivity contribution in [3.8, 4) is 0 Å². The second-order valence-corrected chi connectivity index (χ2v) is 3.80. The van der Waals surface area contributed by atoms with Gasteiger partial charge < -0.3 is 5.73 Å². The molecule has 2 aromatic heterocycles. The van der Waals surface area contributed by atoms with Crippen LogP contribution in [0.25, 0.3) is 5.78 Å². The zero-order valence-corrected chi connectivity index (χ0v) is 9.01. The summed E-state index contributed by atoms with van der Waals surface area (Å²) in [7, 11) is 0. The smallest absolute Gasteiger partial charge is 0.252 e. The van der Waals surface area contributed by atoms with E-state index < -0.39 is 0 Å². The highest BCUT2D eigenvalue weighted by molar-refractivity contribution is 5.29. The lowest BCUT2D eigenvalue weighted by Gasteiger charge is -2.05. The first-order valence-corrected chi connectivity index (χ1v) is 5.13. The quantitative estimate of drug-likeness (QED) is 0.802. The molecule has 0 aromatic carbocycles. The van der Waals surface area contributed by atoms with Crippen LogP contribution in [0.15, 0.2) is 12.3 Å². The van der Waals surface area contributed by atoms with Crippen molar-refractivity contribution in [2.24, 2.45) is 5.73 Å². The molecule has 0 fully saturated rings. The van der Waals surface area contributed by atoms with Gasteiger partial charge in [0.15, 0.2) is 5.82 Å². The van der Waals surface area contributed by atoms with Crippen molar-refractivity contribution in [1.82, 2.24) is 19.6 Å². The molecule has 15 heavy (non-hydrogen) atoms. The third kappa shape index (κ3) is 1.83. The van der Waals surface area contributed by atoms with Gasteiger partial charge >= 0.3 is 0 Å². The van der Waals surface area contributed by atoms with Gasteiger partial charge in [0.1, 0.15) is 0 Å². The fourth-order valence-corrected chi connectivity index (χ4v) is 1.52. The Labute approximate surface area is 88.3 Å². The summed E-state index contributed by atoms with van der Waals surface area (Å²) in [5, 5.41) is 4.39. The minimum atomic E-state index is 0.405. The minimum absolute atomic E-state index is 0.405. The number of nitrogens with two attached hydrogens (primary N) is 1. The molecule has 0 unspecified atom stereocenters. The fourth-order valence-electron chi connectivity index (χ4n) is 1.52. The van der Waals surface area contributed by atoms with E-state index in [1.807, 2.05) is 6.07 Å². The number of nitrogens with zero attached hydrogens (tertiary/aromatic N) is 4. The zero-order chi connectivity index (χ0) is 10.8. The van der Waals surface area contributed by atoms with Crippen molar-refractivity contribution in [3.63, 3.8) is 0 Å². The predicted molar refractivity (Wildman–Crippen MR) is 57.6 cm³/mol. The number of hydrogen-bond acceptors (Lipinski definition) is 4. The van der Waals surface area contributed by atoms with Crippen LogP contribution in [0, 0.1) is 0 Å². The molecule has 5 nitrogen and oxygen atoms in total. The number of aromatic nitrogens is 4. The van der Waals surface area contributed by atoms with E-state index in [9.17, 15) is 0 Å². The topological polar surface area (TPSA) is 69.1 Å². The lowest BCUT2D eigenvalue weighted by Crippen LogP contribution is -2.05. The molecular weight excluding hydrogens is 190 g/mol. The summed E-state index contributed by atoms with van der Waals surface area (Å²) in [5.41, 5.74) is 6.59. The standard InChI is InChI=1S/C10H15N5/c1-7(2)8-4-6-12-10-13-9(3-5-11)14-15(8)10/h4,6-7H,3,5,11H2,1-2H3. The molecule has 0 bridgehead atoms. The molecule has 0 aliphatic heterocycles. The Morgan fingerprint density at radius 1 is 1.47 bits per heavy atom. The van der Waals surface area contributed by atoms with Gasteiger partial charge in [-0.2, -0.15) is 4.98 Å². The molecular formula is C10H15N5. The van der Waals surface area contributed by atoms with Crippen LogP contribution in [-0.2, 0) is 6.42 Å². The average Bonchev–Trinajstić information content (AvgIpc) is 2.59. The van der Waals surface area contributed by atoms with Crippen LogP contribution < -0.4 is 5.73 Å². The maximum absolute atomic E-state index is 5.47. The molecule has 0 atom stereocenters. The minimum Gasteiger partial charge on any atom is -0.330 e. The number of fused-ring (bicyclic) bond motifs is 1. The monoisotopic (exact) mass is 205 g/mol. The molecule has 0 radical (unpaired) electrons. The highest BCUT2D eigenvalue weighted by Gasteiger charge is 2.09. The Kier molecular flexibility index (Phi) is 2.64. The molecule has 0 aliphatic carbocycles. The molecule has 0 aliphatic rings. The van der Waals surface area contributed by atoms with Gasteiger partial charge in [-0.05, 0) is 18.5 Å². The lowest BCUT2D eigenvalue weighted by molar-refractivity contribution is 0.736. The summed E-state index contributed by atoms with van der Waals surface area (Å²) in [5.74, 6) is 1.82. The molecule has 2 aromatic rings. The third-order valence-corrected chi connectivity index (χ3v) is 2.27. The highest BCUT2D eigenvalue weighted by Crippen LogP contribution is 2.13. The normalized spacial score (nSPS) is 11.5. The number of hydrogen-bond donors (Lipinski definition) is 1. The van der Waals surface area contributed by atoms with Crippen molar-refractivity contribution < 1.29 is 0 Å². The Hall–Kier alpha value is -1.49. The summed E-state index contributed by atoms with van der Waals surface area (Å²) >= 11 is 0. The molecule has 2 heterocycles. The van der Waals surface area contributed by atoms with Gasteiger partial charge in [-0.15, -0.1) is 5.10 Å². The van der Waals surface area contributed by atoms with Gasteiger partial charge in [0.2, 0.25) is 0 Å².